The van der Waals surface area contributed by atoms with Crippen molar-refractivity contribution in [3.63, 3.8) is 0 Å². The van der Waals surface area contributed by atoms with Gasteiger partial charge >= 0.3 is 0 Å². The minimum Gasteiger partial charge on any atom is -0.356 e. The summed E-state index contributed by atoms with van der Waals surface area (Å²) in [5, 5.41) is 10.5. The van der Waals surface area contributed by atoms with Crippen LogP contribution in [-0.4, -0.2) is 57.7 Å². The molecule has 4 rings (SSSR count). The number of aromatic nitrogens is 3. The predicted molar refractivity (Wildman–Crippen MR) is 119 cm³/mol. The Hall–Kier alpha value is -3.20. The van der Waals surface area contributed by atoms with Crippen LogP contribution in [0.15, 0.2) is 53.1 Å². The Balaban J connectivity index is 1.43. The number of aryl methyl sites for hydroxylation is 1. The van der Waals surface area contributed by atoms with Gasteiger partial charge in [0.25, 0.3) is 0 Å². The largest absolute Gasteiger partial charge is 0.356 e. The summed E-state index contributed by atoms with van der Waals surface area (Å²) in [7, 11) is 1.85. The lowest BCUT2D eigenvalue weighted by molar-refractivity contribution is -0.120. The first-order valence-corrected chi connectivity index (χ1v) is 10.8. The maximum Gasteiger partial charge on any atom is 0.246 e. The van der Waals surface area contributed by atoms with E-state index < -0.39 is 0 Å². The number of rotatable bonds is 5. The number of piperazine rings is 1. The Bertz CT molecular complexity index is 1030. The van der Waals surface area contributed by atoms with Crippen LogP contribution < -0.4 is 10.2 Å². The van der Waals surface area contributed by atoms with Crippen LogP contribution in [0.1, 0.15) is 11.9 Å². The van der Waals surface area contributed by atoms with E-state index in [2.05, 4.69) is 27.9 Å². The summed E-state index contributed by atoms with van der Waals surface area (Å²) in [4.78, 5) is 25.9. The zero-order valence-corrected chi connectivity index (χ0v) is 18.0. The molecule has 1 fully saturated rings. The average molecular weight is 424 g/mol. The minimum atomic E-state index is 0.0421. The molecule has 1 saturated heterocycles. The zero-order chi connectivity index (χ0) is 20.9. The summed E-state index contributed by atoms with van der Waals surface area (Å²) >= 11 is 1.60. The van der Waals surface area contributed by atoms with E-state index in [9.17, 15) is 4.79 Å². The third-order valence-electron chi connectivity index (χ3n) is 4.84. The van der Waals surface area contributed by atoms with Gasteiger partial charge in [-0.05, 0) is 6.92 Å². The summed E-state index contributed by atoms with van der Waals surface area (Å²) in [6.07, 6.45) is 3.58. The highest BCUT2D eigenvalue weighted by atomic mass is 32.1. The molecule has 1 aliphatic rings. The van der Waals surface area contributed by atoms with Gasteiger partial charge in [-0.3, -0.25) is 9.48 Å². The van der Waals surface area contributed by atoms with Crippen LogP contribution in [0.3, 0.4) is 0 Å². The van der Waals surface area contributed by atoms with Gasteiger partial charge in [-0.2, -0.15) is 5.10 Å². The second-order valence-corrected chi connectivity index (χ2v) is 7.94. The van der Waals surface area contributed by atoms with Crippen LogP contribution in [0.2, 0.25) is 0 Å². The molecule has 1 amide bonds. The van der Waals surface area contributed by atoms with Gasteiger partial charge in [0.2, 0.25) is 5.91 Å². The van der Waals surface area contributed by atoms with Crippen molar-refractivity contribution < 1.29 is 4.79 Å². The van der Waals surface area contributed by atoms with E-state index in [0.29, 0.717) is 19.6 Å². The van der Waals surface area contributed by atoms with Crippen molar-refractivity contribution in [2.75, 3.05) is 31.1 Å². The molecule has 3 heterocycles. The highest BCUT2D eigenvalue weighted by Gasteiger charge is 2.27. The van der Waals surface area contributed by atoms with Crippen LogP contribution in [0.5, 0.6) is 0 Å². The topological polar surface area (TPSA) is 78.7 Å². The smallest absolute Gasteiger partial charge is 0.246 e. The number of guanidine groups is 1. The average Bonchev–Trinajstić information content (AvgIpc) is 3.41. The van der Waals surface area contributed by atoms with Crippen molar-refractivity contribution >= 4 is 28.9 Å². The Kier molecular flexibility index (Phi) is 6.08. The van der Waals surface area contributed by atoms with Gasteiger partial charge in [0.05, 0.1) is 24.1 Å². The number of carbonyl (C=O) groups is 1. The van der Waals surface area contributed by atoms with Crippen molar-refractivity contribution in [1.82, 2.24) is 25.0 Å². The van der Waals surface area contributed by atoms with E-state index in [1.807, 2.05) is 43.3 Å². The number of anilines is 1. The van der Waals surface area contributed by atoms with E-state index in [1.165, 1.54) is 0 Å². The van der Waals surface area contributed by atoms with E-state index in [-0.39, 0.29) is 12.5 Å². The number of nitrogens with one attached hydrogen (secondary N) is 1. The molecule has 9 heteroatoms. The first-order chi connectivity index (χ1) is 14.6. The summed E-state index contributed by atoms with van der Waals surface area (Å²) in [6.45, 7) is 4.85. The van der Waals surface area contributed by atoms with Gasteiger partial charge < -0.3 is 15.1 Å². The molecule has 0 spiro atoms. The molecule has 8 nitrogen and oxygen atoms in total. The Morgan fingerprint density at radius 2 is 2.10 bits per heavy atom. The van der Waals surface area contributed by atoms with Crippen LogP contribution in [0.25, 0.3) is 11.3 Å². The Morgan fingerprint density at radius 3 is 2.80 bits per heavy atom. The molecule has 0 saturated carbocycles. The third kappa shape index (κ3) is 4.51. The fourth-order valence-electron chi connectivity index (χ4n) is 3.37. The molecule has 3 aromatic rings. The molecular weight excluding hydrogens is 398 g/mol. The number of benzene rings is 1. The molecule has 0 aliphatic carbocycles. The number of amides is 1. The monoisotopic (exact) mass is 423 g/mol. The quantitative estimate of drug-likeness (QED) is 0.503. The van der Waals surface area contributed by atoms with Crippen molar-refractivity contribution in [2.45, 2.75) is 13.5 Å². The standard InChI is InChI=1S/C21H25N7OS/c1-3-22-21(23-12-19-25-18(15-30-19)16-7-5-4-6-8-16)27-9-10-28(20(29)14-27)17-11-24-26(2)13-17/h4-8,11,13,15H,3,9-10,12,14H2,1-2H3,(H,22,23). The number of hydrogen-bond acceptors (Lipinski definition) is 5. The van der Waals surface area contributed by atoms with Gasteiger partial charge in [-0.15, -0.1) is 11.3 Å². The minimum absolute atomic E-state index is 0.0421. The molecular formula is C21H25N7OS. The zero-order valence-electron chi connectivity index (χ0n) is 17.2. The first kappa shape index (κ1) is 20.1. The van der Waals surface area contributed by atoms with Gasteiger partial charge in [0.1, 0.15) is 11.6 Å². The van der Waals surface area contributed by atoms with Crippen LogP contribution in [-0.2, 0) is 18.4 Å². The highest BCUT2D eigenvalue weighted by Crippen LogP contribution is 2.22. The van der Waals surface area contributed by atoms with Crippen molar-refractivity contribution in [1.29, 1.82) is 0 Å². The van der Waals surface area contributed by atoms with Crippen molar-refractivity contribution in [2.24, 2.45) is 12.0 Å². The van der Waals surface area contributed by atoms with Crippen molar-refractivity contribution in [3.05, 3.63) is 53.1 Å². The SMILES string of the molecule is CCNC(=NCc1nc(-c2ccccc2)cs1)N1CCN(c2cnn(C)c2)C(=O)C1. The fraction of sp³-hybridized carbons (Fsp3) is 0.333. The normalized spacial score (nSPS) is 15.0. The molecule has 1 aliphatic heterocycles. The van der Waals surface area contributed by atoms with Gasteiger partial charge in [0, 0.05) is 43.8 Å². The molecule has 30 heavy (non-hydrogen) atoms. The summed E-state index contributed by atoms with van der Waals surface area (Å²) in [5.74, 6) is 0.786. The van der Waals surface area contributed by atoms with Crippen LogP contribution in [0.4, 0.5) is 5.69 Å². The molecule has 156 valence electrons. The Labute approximate surface area is 179 Å². The lowest BCUT2D eigenvalue weighted by atomic mass is 10.2. The maximum absolute atomic E-state index is 12.7. The van der Waals surface area contributed by atoms with E-state index in [4.69, 9.17) is 9.98 Å². The molecule has 0 bridgehead atoms. The van der Waals surface area contributed by atoms with Crippen molar-refractivity contribution in [3.8, 4) is 11.3 Å². The maximum atomic E-state index is 12.7. The molecule has 1 N–H and O–H groups in total. The molecule has 0 radical (unpaired) electrons. The third-order valence-corrected chi connectivity index (χ3v) is 5.68. The van der Waals surface area contributed by atoms with E-state index >= 15 is 0 Å². The molecule has 0 atom stereocenters. The predicted octanol–water partition coefficient (Wildman–Crippen LogP) is 2.36. The van der Waals surface area contributed by atoms with Crippen LogP contribution >= 0.6 is 11.3 Å². The Morgan fingerprint density at radius 1 is 1.27 bits per heavy atom. The number of nitrogens with zero attached hydrogens (tertiary/aromatic N) is 6. The molecule has 0 unspecified atom stereocenters. The number of thiazole rings is 1. The lowest BCUT2D eigenvalue weighted by Crippen LogP contribution is -2.55. The number of carbonyl (C=O) groups excluding carboxylic acids is 1. The number of aliphatic imine (C=N–C) groups is 1. The molecule has 2 aromatic heterocycles. The first-order valence-electron chi connectivity index (χ1n) is 9.96. The van der Waals surface area contributed by atoms with E-state index in [0.717, 1.165) is 34.5 Å². The fourth-order valence-corrected chi connectivity index (χ4v) is 4.09. The second-order valence-electron chi connectivity index (χ2n) is 7.00. The van der Waals surface area contributed by atoms with Gasteiger partial charge in [0.15, 0.2) is 5.96 Å². The summed E-state index contributed by atoms with van der Waals surface area (Å²) in [5.41, 5.74) is 2.91. The number of hydrogen-bond donors (Lipinski definition) is 1. The van der Waals surface area contributed by atoms with Gasteiger partial charge in [-0.1, -0.05) is 30.3 Å². The summed E-state index contributed by atoms with van der Waals surface area (Å²) in [6, 6.07) is 10.1. The molecule has 1 aromatic carbocycles. The van der Waals surface area contributed by atoms with Crippen LogP contribution in [0, 0.1) is 0 Å². The summed E-state index contributed by atoms with van der Waals surface area (Å²) < 4.78 is 1.71. The highest BCUT2D eigenvalue weighted by molar-refractivity contribution is 7.09. The van der Waals surface area contributed by atoms with E-state index in [1.54, 1.807) is 27.1 Å². The second kappa shape index (κ2) is 9.08. The van der Waals surface area contributed by atoms with Gasteiger partial charge in [-0.25, -0.2) is 9.98 Å². The lowest BCUT2D eigenvalue weighted by Gasteiger charge is -2.35.